The van der Waals surface area contributed by atoms with Gasteiger partial charge in [0, 0.05) is 24.0 Å². The Bertz CT molecular complexity index is 495. The minimum atomic E-state index is 0.586. The van der Waals surface area contributed by atoms with Crippen molar-refractivity contribution < 1.29 is 0 Å². The van der Waals surface area contributed by atoms with Crippen molar-refractivity contribution in [1.82, 2.24) is 9.97 Å². The standard InChI is InChI=1S/C13H17N3/c14-8-10-12(9-4-1-2-5-9)16-11-6-3-7-15-13(10)11/h3,6-7,9,16H,1-2,4-5,8,14H2. The van der Waals surface area contributed by atoms with Crippen LogP contribution < -0.4 is 5.73 Å². The maximum Gasteiger partial charge on any atom is 0.0926 e. The van der Waals surface area contributed by atoms with Crippen LogP contribution in [-0.4, -0.2) is 9.97 Å². The number of nitrogens with zero attached hydrogens (tertiary/aromatic N) is 1. The molecule has 84 valence electrons. The zero-order valence-corrected chi connectivity index (χ0v) is 9.37. The lowest BCUT2D eigenvalue weighted by Gasteiger charge is -2.08. The Morgan fingerprint density at radius 3 is 2.94 bits per heavy atom. The average Bonchev–Trinajstić information content (AvgIpc) is 2.95. The maximum absolute atomic E-state index is 5.87. The van der Waals surface area contributed by atoms with Gasteiger partial charge >= 0.3 is 0 Å². The van der Waals surface area contributed by atoms with Gasteiger partial charge in [-0.15, -0.1) is 0 Å². The maximum atomic E-state index is 5.87. The summed E-state index contributed by atoms with van der Waals surface area (Å²) in [7, 11) is 0. The van der Waals surface area contributed by atoms with E-state index in [0.29, 0.717) is 12.5 Å². The molecule has 0 atom stereocenters. The molecule has 16 heavy (non-hydrogen) atoms. The molecule has 0 aliphatic heterocycles. The van der Waals surface area contributed by atoms with Crippen molar-refractivity contribution in [3.63, 3.8) is 0 Å². The van der Waals surface area contributed by atoms with E-state index in [1.165, 1.54) is 36.9 Å². The second-order valence-corrected chi connectivity index (χ2v) is 4.60. The van der Waals surface area contributed by atoms with E-state index < -0.39 is 0 Å². The topological polar surface area (TPSA) is 54.7 Å². The molecule has 3 nitrogen and oxygen atoms in total. The number of nitrogens with one attached hydrogen (secondary N) is 1. The number of hydrogen-bond acceptors (Lipinski definition) is 2. The summed E-state index contributed by atoms with van der Waals surface area (Å²) >= 11 is 0. The van der Waals surface area contributed by atoms with Crippen LogP contribution in [0.3, 0.4) is 0 Å². The second-order valence-electron chi connectivity index (χ2n) is 4.60. The van der Waals surface area contributed by atoms with Crippen molar-refractivity contribution >= 4 is 11.0 Å². The molecule has 1 aliphatic carbocycles. The second kappa shape index (κ2) is 3.91. The van der Waals surface area contributed by atoms with Gasteiger partial charge in [0.05, 0.1) is 11.0 Å². The normalized spacial score (nSPS) is 17.3. The van der Waals surface area contributed by atoms with E-state index in [1.54, 1.807) is 0 Å². The predicted molar refractivity (Wildman–Crippen MR) is 65.2 cm³/mol. The molecule has 0 aromatic carbocycles. The van der Waals surface area contributed by atoms with Gasteiger partial charge in [-0.25, -0.2) is 0 Å². The van der Waals surface area contributed by atoms with Crippen molar-refractivity contribution in [2.75, 3.05) is 0 Å². The van der Waals surface area contributed by atoms with E-state index in [1.807, 2.05) is 12.3 Å². The van der Waals surface area contributed by atoms with Crippen LogP contribution >= 0.6 is 0 Å². The molecule has 0 bridgehead atoms. The van der Waals surface area contributed by atoms with Gasteiger partial charge in [0.15, 0.2) is 0 Å². The first kappa shape index (κ1) is 9.85. The van der Waals surface area contributed by atoms with Gasteiger partial charge in [-0.1, -0.05) is 12.8 Å². The Kier molecular flexibility index (Phi) is 2.40. The summed E-state index contributed by atoms with van der Waals surface area (Å²) in [6.07, 6.45) is 7.11. The summed E-state index contributed by atoms with van der Waals surface area (Å²) in [5, 5.41) is 0. The lowest BCUT2D eigenvalue weighted by atomic mass is 10.00. The molecular weight excluding hydrogens is 198 g/mol. The Balaban J connectivity index is 2.15. The number of H-pyrrole nitrogens is 1. The predicted octanol–water partition coefficient (Wildman–Crippen LogP) is 2.68. The third kappa shape index (κ3) is 1.43. The first-order chi connectivity index (χ1) is 7.90. The highest BCUT2D eigenvalue weighted by atomic mass is 14.8. The number of pyridine rings is 1. The van der Waals surface area contributed by atoms with Crippen LogP contribution in [0, 0.1) is 0 Å². The molecule has 2 aromatic rings. The van der Waals surface area contributed by atoms with Crippen LogP contribution in [0.2, 0.25) is 0 Å². The lowest BCUT2D eigenvalue weighted by molar-refractivity contribution is 0.694. The van der Waals surface area contributed by atoms with Crippen LogP contribution in [0.15, 0.2) is 18.3 Å². The van der Waals surface area contributed by atoms with Gasteiger partial charge in [0.2, 0.25) is 0 Å². The van der Waals surface area contributed by atoms with Crippen LogP contribution in [0.1, 0.15) is 42.9 Å². The molecule has 0 amide bonds. The summed E-state index contributed by atoms with van der Waals surface area (Å²) in [4.78, 5) is 7.95. The van der Waals surface area contributed by atoms with Crippen molar-refractivity contribution in [2.45, 2.75) is 38.1 Å². The third-order valence-corrected chi connectivity index (χ3v) is 3.66. The zero-order chi connectivity index (χ0) is 11.0. The molecule has 3 rings (SSSR count). The van der Waals surface area contributed by atoms with E-state index in [4.69, 9.17) is 5.73 Å². The van der Waals surface area contributed by atoms with E-state index in [2.05, 4.69) is 16.0 Å². The smallest absolute Gasteiger partial charge is 0.0926 e. The molecule has 2 aromatic heterocycles. The Morgan fingerprint density at radius 1 is 1.38 bits per heavy atom. The van der Waals surface area contributed by atoms with Crippen molar-refractivity contribution in [2.24, 2.45) is 5.73 Å². The van der Waals surface area contributed by atoms with Gasteiger partial charge < -0.3 is 10.7 Å². The van der Waals surface area contributed by atoms with E-state index in [0.717, 1.165) is 11.0 Å². The van der Waals surface area contributed by atoms with Crippen LogP contribution in [0.25, 0.3) is 11.0 Å². The Morgan fingerprint density at radius 2 is 2.19 bits per heavy atom. The first-order valence-electron chi connectivity index (χ1n) is 6.05. The molecule has 3 heteroatoms. The largest absolute Gasteiger partial charge is 0.357 e. The van der Waals surface area contributed by atoms with Crippen LogP contribution in [-0.2, 0) is 6.54 Å². The van der Waals surface area contributed by atoms with Crippen molar-refractivity contribution in [3.8, 4) is 0 Å². The van der Waals surface area contributed by atoms with Crippen LogP contribution in [0.5, 0.6) is 0 Å². The summed E-state index contributed by atoms with van der Waals surface area (Å²) in [5.41, 5.74) is 10.6. The molecule has 1 fully saturated rings. The van der Waals surface area contributed by atoms with Crippen LogP contribution in [0.4, 0.5) is 0 Å². The molecule has 3 N–H and O–H groups in total. The molecule has 0 unspecified atom stereocenters. The first-order valence-corrected chi connectivity index (χ1v) is 6.05. The number of nitrogens with two attached hydrogens (primary N) is 1. The molecule has 1 saturated carbocycles. The fraction of sp³-hybridized carbons (Fsp3) is 0.462. The summed E-state index contributed by atoms with van der Waals surface area (Å²) in [6.45, 7) is 0.586. The van der Waals surface area contributed by atoms with Gasteiger partial charge in [0.1, 0.15) is 0 Å². The fourth-order valence-electron chi connectivity index (χ4n) is 2.86. The number of aromatic nitrogens is 2. The van der Waals surface area contributed by atoms with Gasteiger partial charge in [0.25, 0.3) is 0 Å². The fourth-order valence-corrected chi connectivity index (χ4v) is 2.86. The number of aromatic amines is 1. The highest BCUT2D eigenvalue weighted by Gasteiger charge is 2.22. The lowest BCUT2D eigenvalue weighted by Crippen LogP contribution is -2.03. The Labute approximate surface area is 95.1 Å². The summed E-state index contributed by atoms with van der Waals surface area (Å²) < 4.78 is 0. The molecular formula is C13H17N3. The minimum Gasteiger partial charge on any atom is -0.357 e. The monoisotopic (exact) mass is 215 g/mol. The highest BCUT2D eigenvalue weighted by molar-refractivity contribution is 5.80. The molecule has 0 saturated heterocycles. The SMILES string of the molecule is NCc1c(C2CCCC2)[nH]c2cccnc12. The number of rotatable bonds is 2. The van der Waals surface area contributed by atoms with Gasteiger partial charge in [-0.2, -0.15) is 0 Å². The quantitative estimate of drug-likeness (QED) is 0.809. The molecule has 0 radical (unpaired) electrons. The minimum absolute atomic E-state index is 0.586. The van der Waals surface area contributed by atoms with E-state index in [9.17, 15) is 0 Å². The van der Waals surface area contributed by atoms with Crippen molar-refractivity contribution in [3.05, 3.63) is 29.6 Å². The van der Waals surface area contributed by atoms with Gasteiger partial charge in [-0.05, 0) is 30.9 Å². The highest BCUT2D eigenvalue weighted by Crippen LogP contribution is 2.37. The van der Waals surface area contributed by atoms with E-state index in [-0.39, 0.29) is 0 Å². The van der Waals surface area contributed by atoms with Crippen molar-refractivity contribution in [1.29, 1.82) is 0 Å². The Hall–Kier alpha value is -1.35. The molecule has 0 spiro atoms. The van der Waals surface area contributed by atoms with Gasteiger partial charge in [-0.3, -0.25) is 4.98 Å². The summed E-state index contributed by atoms with van der Waals surface area (Å²) in [5.74, 6) is 0.674. The molecule has 1 aliphatic rings. The number of hydrogen-bond donors (Lipinski definition) is 2. The third-order valence-electron chi connectivity index (χ3n) is 3.66. The average molecular weight is 215 g/mol. The van der Waals surface area contributed by atoms with E-state index >= 15 is 0 Å². The molecule has 2 heterocycles. The number of fused-ring (bicyclic) bond motifs is 1. The zero-order valence-electron chi connectivity index (χ0n) is 9.37. The summed E-state index contributed by atoms with van der Waals surface area (Å²) in [6, 6.07) is 4.05.